The molecule has 0 spiro atoms. The fourth-order valence-electron chi connectivity index (χ4n) is 3.54. The molecule has 0 radical (unpaired) electrons. The van der Waals surface area contributed by atoms with Gasteiger partial charge in [-0.15, -0.1) is 0 Å². The van der Waals surface area contributed by atoms with E-state index in [4.69, 9.17) is 0 Å². The molecular weight excluding hydrogens is 380 g/mol. The van der Waals surface area contributed by atoms with E-state index in [2.05, 4.69) is 0 Å². The summed E-state index contributed by atoms with van der Waals surface area (Å²) in [6, 6.07) is 23.9. The molecule has 0 atom stereocenters. The number of amides is 2. The van der Waals surface area contributed by atoms with E-state index < -0.39 is 5.92 Å². The summed E-state index contributed by atoms with van der Waals surface area (Å²) in [5.74, 6) is -1.75. The quantitative estimate of drug-likeness (QED) is 0.502. The minimum Gasteiger partial charge on any atom is -0.508 e. The van der Waals surface area contributed by atoms with Gasteiger partial charge in [0.2, 0.25) is 0 Å². The van der Waals surface area contributed by atoms with E-state index in [-0.39, 0.29) is 36.2 Å². The second-order valence-electron chi connectivity index (χ2n) is 7.03. The van der Waals surface area contributed by atoms with Crippen LogP contribution in [0.4, 0.5) is 11.4 Å². The summed E-state index contributed by atoms with van der Waals surface area (Å²) in [7, 11) is 0. The molecule has 0 bridgehead atoms. The number of para-hydroxylation sites is 2. The SMILES string of the molecule is O=C(CCC1C(=O)N(c2ccccc2)N(c2ccccc2)C1=O)c1ccc(O)cc1. The molecule has 1 saturated heterocycles. The zero-order valence-corrected chi connectivity index (χ0v) is 16.1. The number of hydrogen-bond donors (Lipinski definition) is 1. The molecule has 0 aromatic heterocycles. The number of phenolic OH excluding ortho intramolecular Hbond substituents is 1. The van der Waals surface area contributed by atoms with Gasteiger partial charge in [0.1, 0.15) is 11.7 Å². The van der Waals surface area contributed by atoms with Crippen molar-refractivity contribution in [1.82, 2.24) is 0 Å². The fraction of sp³-hybridized carbons (Fsp3) is 0.125. The van der Waals surface area contributed by atoms with Gasteiger partial charge in [-0.2, -0.15) is 0 Å². The molecule has 30 heavy (non-hydrogen) atoms. The Morgan fingerprint density at radius 1 is 0.733 bits per heavy atom. The minimum absolute atomic E-state index is 0.0538. The lowest BCUT2D eigenvalue weighted by Crippen LogP contribution is -2.41. The molecule has 1 fully saturated rings. The number of Topliss-reactive ketones (excluding diaryl/α,β-unsaturated/α-hetero) is 1. The van der Waals surface area contributed by atoms with Crippen molar-refractivity contribution in [2.24, 2.45) is 5.92 Å². The number of hydrogen-bond acceptors (Lipinski definition) is 4. The van der Waals surface area contributed by atoms with Crippen LogP contribution in [0, 0.1) is 5.92 Å². The number of benzene rings is 3. The van der Waals surface area contributed by atoms with Crippen molar-refractivity contribution in [2.45, 2.75) is 12.8 Å². The van der Waals surface area contributed by atoms with E-state index >= 15 is 0 Å². The molecule has 6 nitrogen and oxygen atoms in total. The monoisotopic (exact) mass is 400 g/mol. The predicted octanol–water partition coefficient (Wildman–Crippen LogP) is 3.97. The van der Waals surface area contributed by atoms with E-state index in [9.17, 15) is 19.5 Å². The molecule has 1 heterocycles. The lowest BCUT2D eigenvalue weighted by atomic mass is 9.98. The highest BCUT2D eigenvalue weighted by molar-refractivity contribution is 6.23. The van der Waals surface area contributed by atoms with E-state index in [1.54, 1.807) is 48.5 Å². The van der Waals surface area contributed by atoms with Crippen LogP contribution in [0.5, 0.6) is 5.75 Å². The zero-order valence-electron chi connectivity index (χ0n) is 16.1. The molecule has 1 aliphatic heterocycles. The molecule has 0 saturated carbocycles. The van der Waals surface area contributed by atoms with E-state index in [0.717, 1.165) is 0 Å². The van der Waals surface area contributed by atoms with Gasteiger partial charge in [0.25, 0.3) is 11.8 Å². The largest absolute Gasteiger partial charge is 0.508 e. The number of anilines is 2. The third-order valence-corrected chi connectivity index (χ3v) is 5.06. The molecule has 3 aromatic carbocycles. The molecule has 3 aromatic rings. The van der Waals surface area contributed by atoms with Crippen LogP contribution in [0.15, 0.2) is 84.9 Å². The highest BCUT2D eigenvalue weighted by atomic mass is 16.3. The highest BCUT2D eigenvalue weighted by Crippen LogP contribution is 2.33. The predicted molar refractivity (Wildman–Crippen MR) is 113 cm³/mol. The summed E-state index contributed by atoms with van der Waals surface area (Å²) >= 11 is 0. The molecule has 150 valence electrons. The van der Waals surface area contributed by atoms with Gasteiger partial charge in [-0.05, 0) is 55.0 Å². The first-order chi connectivity index (χ1) is 14.6. The van der Waals surface area contributed by atoms with Crippen molar-refractivity contribution in [1.29, 1.82) is 0 Å². The van der Waals surface area contributed by atoms with Crippen LogP contribution >= 0.6 is 0 Å². The number of hydrazine groups is 1. The van der Waals surface area contributed by atoms with E-state index in [1.165, 1.54) is 34.3 Å². The Labute approximate surface area is 173 Å². The fourth-order valence-corrected chi connectivity index (χ4v) is 3.54. The summed E-state index contributed by atoms with van der Waals surface area (Å²) in [6.45, 7) is 0. The van der Waals surface area contributed by atoms with Crippen molar-refractivity contribution in [3.8, 4) is 5.75 Å². The van der Waals surface area contributed by atoms with Gasteiger partial charge in [0.05, 0.1) is 11.4 Å². The van der Waals surface area contributed by atoms with E-state index in [0.29, 0.717) is 16.9 Å². The van der Waals surface area contributed by atoms with Crippen LogP contribution in [-0.2, 0) is 9.59 Å². The number of nitrogens with zero attached hydrogens (tertiary/aromatic N) is 2. The maximum atomic E-state index is 13.2. The molecule has 0 unspecified atom stereocenters. The zero-order chi connectivity index (χ0) is 21.1. The second kappa shape index (κ2) is 8.21. The third kappa shape index (κ3) is 3.67. The molecular formula is C24H20N2O4. The Bertz CT molecular complexity index is 1010. The lowest BCUT2D eigenvalue weighted by Gasteiger charge is -2.27. The minimum atomic E-state index is -0.938. The summed E-state index contributed by atoms with van der Waals surface area (Å²) in [4.78, 5) is 38.9. The first-order valence-corrected chi connectivity index (χ1v) is 9.66. The van der Waals surface area contributed by atoms with Gasteiger partial charge in [0, 0.05) is 12.0 Å². The van der Waals surface area contributed by atoms with Crippen molar-refractivity contribution in [3.05, 3.63) is 90.5 Å². The van der Waals surface area contributed by atoms with Gasteiger partial charge in [-0.1, -0.05) is 36.4 Å². The van der Waals surface area contributed by atoms with Crippen molar-refractivity contribution >= 4 is 29.0 Å². The smallest absolute Gasteiger partial charge is 0.258 e. The average molecular weight is 400 g/mol. The Morgan fingerprint density at radius 3 is 1.67 bits per heavy atom. The second-order valence-corrected chi connectivity index (χ2v) is 7.03. The summed E-state index contributed by atoms with van der Waals surface area (Å²) < 4.78 is 0. The van der Waals surface area contributed by atoms with Gasteiger partial charge < -0.3 is 5.11 Å². The number of carbonyl (C=O) groups excluding carboxylic acids is 3. The first kappa shape index (κ1) is 19.4. The molecule has 0 aliphatic carbocycles. The topological polar surface area (TPSA) is 77.9 Å². The van der Waals surface area contributed by atoms with Crippen LogP contribution in [-0.4, -0.2) is 22.7 Å². The maximum Gasteiger partial charge on any atom is 0.258 e. The Kier molecular flexibility index (Phi) is 5.30. The summed E-state index contributed by atoms with van der Waals surface area (Å²) in [6.07, 6.45) is 0.169. The van der Waals surface area contributed by atoms with Gasteiger partial charge in [-0.25, -0.2) is 10.0 Å². The van der Waals surface area contributed by atoms with Gasteiger partial charge in [-0.3, -0.25) is 14.4 Å². The lowest BCUT2D eigenvalue weighted by molar-refractivity contribution is -0.127. The van der Waals surface area contributed by atoms with Gasteiger partial charge in [0.15, 0.2) is 5.78 Å². The number of phenols is 1. The molecule has 1 aliphatic rings. The van der Waals surface area contributed by atoms with Crippen LogP contribution in [0.2, 0.25) is 0 Å². The molecule has 4 rings (SSSR count). The third-order valence-electron chi connectivity index (χ3n) is 5.06. The van der Waals surface area contributed by atoms with Crippen LogP contribution in [0.3, 0.4) is 0 Å². The Hall–Kier alpha value is -3.93. The highest BCUT2D eigenvalue weighted by Gasteiger charge is 2.46. The Balaban J connectivity index is 1.59. The standard InChI is InChI=1S/C24H20N2O4/c27-20-13-11-17(12-14-20)22(28)16-15-21-23(29)25(18-7-3-1-4-8-18)26(24(21)30)19-9-5-2-6-10-19/h1-14,21,27H,15-16H2. The number of aromatic hydroxyl groups is 1. The number of ketones is 1. The van der Waals surface area contributed by atoms with Crippen LogP contribution < -0.4 is 10.0 Å². The maximum absolute atomic E-state index is 13.2. The molecule has 2 amide bonds. The number of rotatable bonds is 6. The van der Waals surface area contributed by atoms with Gasteiger partial charge >= 0.3 is 0 Å². The molecule has 1 N–H and O–H groups in total. The van der Waals surface area contributed by atoms with Crippen molar-refractivity contribution < 1.29 is 19.5 Å². The summed E-state index contributed by atoms with van der Waals surface area (Å²) in [5.41, 5.74) is 1.62. The van der Waals surface area contributed by atoms with Crippen LogP contribution in [0.25, 0.3) is 0 Å². The van der Waals surface area contributed by atoms with Crippen molar-refractivity contribution in [2.75, 3.05) is 10.0 Å². The van der Waals surface area contributed by atoms with Crippen molar-refractivity contribution in [3.63, 3.8) is 0 Å². The first-order valence-electron chi connectivity index (χ1n) is 9.66. The average Bonchev–Trinajstić information content (AvgIpc) is 3.03. The normalized spacial score (nSPS) is 14.4. The van der Waals surface area contributed by atoms with Crippen LogP contribution in [0.1, 0.15) is 23.2 Å². The molecule has 6 heteroatoms. The van der Waals surface area contributed by atoms with E-state index in [1.807, 2.05) is 12.1 Å². The number of carbonyl (C=O) groups is 3. The summed E-state index contributed by atoms with van der Waals surface area (Å²) in [5, 5.41) is 12.1. The Morgan fingerprint density at radius 2 is 1.20 bits per heavy atom.